The van der Waals surface area contributed by atoms with Crippen LogP contribution in [-0.4, -0.2) is 38.8 Å². The third-order valence-corrected chi connectivity index (χ3v) is 7.16. The number of hydrogen-bond donors (Lipinski definition) is 2. The lowest BCUT2D eigenvalue weighted by molar-refractivity contribution is -0.170. The summed E-state index contributed by atoms with van der Waals surface area (Å²) in [5.74, 6) is -0.615. The molecule has 1 saturated carbocycles. The fourth-order valence-corrected chi connectivity index (χ4v) is 4.89. The van der Waals surface area contributed by atoms with Crippen LogP contribution in [0.15, 0.2) is 48.8 Å². The summed E-state index contributed by atoms with van der Waals surface area (Å²) < 4.78 is 35.8. The van der Waals surface area contributed by atoms with Gasteiger partial charge in [-0.25, -0.2) is 18.7 Å². The van der Waals surface area contributed by atoms with Gasteiger partial charge in [-0.15, -0.1) is 0 Å². The van der Waals surface area contributed by atoms with Crippen LogP contribution in [0.4, 0.5) is 20.4 Å². The first-order chi connectivity index (χ1) is 19.0. The second-order valence-electron chi connectivity index (χ2n) is 10.2. The zero-order valence-electron chi connectivity index (χ0n) is 22.6. The number of pyridine rings is 3. The smallest absolute Gasteiger partial charge is 0.311 e. The fourth-order valence-electron chi connectivity index (χ4n) is 4.89. The van der Waals surface area contributed by atoms with Crippen molar-refractivity contribution in [3.05, 3.63) is 65.6 Å². The number of carbonyl (C=O) groups is 2. The lowest BCUT2D eigenvalue weighted by Gasteiger charge is -2.37. The van der Waals surface area contributed by atoms with Crippen LogP contribution in [0.2, 0.25) is 0 Å². The Morgan fingerprint density at radius 3 is 2.48 bits per heavy atom. The van der Waals surface area contributed by atoms with Crippen molar-refractivity contribution >= 4 is 23.6 Å². The summed E-state index contributed by atoms with van der Waals surface area (Å²) in [4.78, 5) is 36.3. The van der Waals surface area contributed by atoms with Gasteiger partial charge < -0.3 is 19.9 Å². The average Bonchev–Trinajstić information content (AvgIpc) is 2.92. The molecule has 0 aromatic carbocycles. The number of alkyl halides is 2. The van der Waals surface area contributed by atoms with Crippen LogP contribution in [0.25, 0.3) is 11.3 Å². The van der Waals surface area contributed by atoms with E-state index < -0.39 is 30.8 Å². The number of ether oxygens (including phenoxy) is 2. The average molecular weight is 555 g/mol. The van der Waals surface area contributed by atoms with Gasteiger partial charge >= 0.3 is 11.9 Å². The fraction of sp³-hybridized carbons (Fsp3) is 0.414. The van der Waals surface area contributed by atoms with E-state index in [9.17, 15) is 23.5 Å². The summed E-state index contributed by atoms with van der Waals surface area (Å²) in [6.07, 6.45) is 2.68. The monoisotopic (exact) mass is 554 g/mol. The number of rotatable bonds is 9. The number of aryl methyl sites for hydroxylation is 1. The van der Waals surface area contributed by atoms with E-state index in [1.165, 1.54) is 25.3 Å². The van der Waals surface area contributed by atoms with E-state index in [2.05, 4.69) is 25.0 Å². The van der Waals surface area contributed by atoms with E-state index in [0.29, 0.717) is 42.9 Å². The van der Waals surface area contributed by atoms with E-state index in [0.717, 1.165) is 11.1 Å². The van der Waals surface area contributed by atoms with Gasteiger partial charge in [-0.2, -0.15) is 0 Å². The first kappa shape index (κ1) is 29.0. The van der Waals surface area contributed by atoms with Crippen molar-refractivity contribution in [3.63, 3.8) is 0 Å². The minimum atomic E-state index is -2.60. The van der Waals surface area contributed by atoms with Crippen LogP contribution in [0.3, 0.4) is 0 Å². The highest BCUT2D eigenvalue weighted by atomic mass is 19.3. The predicted octanol–water partition coefficient (Wildman–Crippen LogP) is 5.61. The normalized spacial score (nSPS) is 18.6. The molecule has 1 aliphatic rings. The van der Waals surface area contributed by atoms with Gasteiger partial charge in [0.25, 0.3) is 6.43 Å². The first-order valence-electron chi connectivity index (χ1n) is 13.0. The van der Waals surface area contributed by atoms with Crippen molar-refractivity contribution < 1.29 is 33.0 Å². The van der Waals surface area contributed by atoms with Gasteiger partial charge in [-0.3, -0.25) is 14.6 Å². The van der Waals surface area contributed by atoms with Crippen LogP contribution < -0.4 is 5.32 Å². The van der Waals surface area contributed by atoms with Gasteiger partial charge in [0.1, 0.15) is 17.2 Å². The number of anilines is 2. The molecule has 9 nitrogen and oxygen atoms in total. The molecule has 3 aromatic rings. The minimum Gasteiger partial charge on any atom is -0.428 e. The summed E-state index contributed by atoms with van der Waals surface area (Å²) in [5.41, 5.74) is 1.41. The first-order valence-corrected chi connectivity index (χ1v) is 13.0. The highest BCUT2D eigenvalue weighted by Crippen LogP contribution is 2.41. The zero-order chi connectivity index (χ0) is 28.9. The predicted molar refractivity (Wildman–Crippen MR) is 142 cm³/mol. The molecule has 4 rings (SSSR count). The highest BCUT2D eigenvalue weighted by Gasteiger charge is 2.39. The number of nitrogens with one attached hydrogen (secondary N) is 1. The van der Waals surface area contributed by atoms with Gasteiger partial charge in [0.2, 0.25) is 6.79 Å². The lowest BCUT2D eigenvalue weighted by atomic mass is 9.73. The summed E-state index contributed by atoms with van der Waals surface area (Å²) in [6.45, 7) is 4.48. The molecule has 0 aliphatic heterocycles. The van der Waals surface area contributed by atoms with E-state index >= 15 is 0 Å². The van der Waals surface area contributed by atoms with E-state index in [4.69, 9.17) is 4.74 Å². The number of esters is 2. The maximum atomic E-state index is 13.1. The molecule has 3 aromatic heterocycles. The third-order valence-electron chi connectivity index (χ3n) is 7.16. The highest BCUT2D eigenvalue weighted by molar-refractivity contribution is 5.72. The van der Waals surface area contributed by atoms with Crippen LogP contribution in [0.5, 0.6) is 0 Å². The van der Waals surface area contributed by atoms with Crippen LogP contribution in [0.1, 0.15) is 62.8 Å². The zero-order valence-corrected chi connectivity index (χ0v) is 22.6. The number of aliphatic hydroxyl groups is 1. The third kappa shape index (κ3) is 7.15. The molecule has 0 saturated heterocycles. The van der Waals surface area contributed by atoms with Crippen molar-refractivity contribution in [2.75, 3.05) is 12.1 Å². The molecule has 0 radical (unpaired) electrons. The number of nitrogens with zero attached hydrogens (tertiary/aromatic N) is 3. The molecule has 0 bridgehead atoms. The molecule has 1 fully saturated rings. The Morgan fingerprint density at radius 2 is 1.82 bits per heavy atom. The molecule has 0 amide bonds. The minimum absolute atomic E-state index is 0.104. The molecule has 0 spiro atoms. The van der Waals surface area contributed by atoms with Gasteiger partial charge in [0.15, 0.2) is 0 Å². The van der Waals surface area contributed by atoms with Crippen LogP contribution in [-0.2, 0) is 24.7 Å². The van der Waals surface area contributed by atoms with Crippen LogP contribution in [0, 0.1) is 18.8 Å². The Morgan fingerprint density at radius 1 is 1.07 bits per heavy atom. The standard InChI is InChI=1S/C29H32F2N4O5/c1-17-12-23(34-26(13-17)35-25-14-20(27(30)31)10-11-32-25)21-6-9-24(33-15-21)29(3,38)22-7-4-19(5-8-22)28(37)40-16-39-18(2)36/h6,9-15,19,22,27,38H,4-5,7-8,16H2,1-3H3,(H,32,34,35). The Labute approximate surface area is 231 Å². The lowest BCUT2D eigenvalue weighted by Crippen LogP contribution is -2.37. The molecule has 40 heavy (non-hydrogen) atoms. The van der Waals surface area contributed by atoms with E-state index in [1.54, 1.807) is 25.3 Å². The summed E-state index contributed by atoms with van der Waals surface area (Å²) in [5, 5.41) is 14.4. The van der Waals surface area contributed by atoms with Crippen molar-refractivity contribution in [3.8, 4) is 11.3 Å². The molecule has 1 aliphatic carbocycles. The second kappa shape index (κ2) is 12.5. The van der Waals surface area contributed by atoms with Gasteiger partial charge in [-0.05, 0) is 87.4 Å². The maximum absolute atomic E-state index is 13.1. The van der Waals surface area contributed by atoms with Gasteiger partial charge in [-0.1, -0.05) is 0 Å². The van der Waals surface area contributed by atoms with Crippen molar-refractivity contribution in [1.29, 1.82) is 0 Å². The number of hydrogen-bond acceptors (Lipinski definition) is 9. The quantitative estimate of drug-likeness (QED) is 0.257. The van der Waals surface area contributed by atoms with Crippen molar-refractivity contribution in [2.24, 2.45) is 11.8 Å². The molecule has 2 N–H and O–H groups in total. The van der Waals surface area contributed by atoms with Crippen LogP contribution >= 0.6 is 0 Å². The molecular formula is C29H32F2N4O5. The summed E-state index contributed by atoms with van der Waals surface area (Å²) in [6, 6.07) is 9.81. The summed E-state index contributed by atoms with van der Waals surface area (Å²) >= 11 is 0. The van der Waals surface area contributed by atoms with Gasteiger partial charge in [0, 0.05) is 30.4 Å². The number of carbonyl (C=O) groups excluding carboxylic acids is 2. The van der Waals surface area contributed by atoms with Crippen molar-refractivity contribution in [1.82, 2.24) is 15.0 Å². The van der Waals surface area contributed by atoms with E-state index in [-0.39, 0.29) is 23.2 Å². The Bertz CT molecular complexity index is 1340. The maximum Gasteiger partial charge on any atom is 0.311 e. The topological polar surface area (TPSA) is 124 Å². The Kier molecular flexibility index (Phi) is 9.03. The van der Waals surface area contributed by atoms with E-state index in [1.807, 2.05) is 19.1 Å². The molecule has 11 heteroatoms. The van der Waals surface area contributed by atoms with Gasteiger partial charge in [0.05, 0.1) is 17.3 Å². The second-order valence-corrected chi connectivity index (χ2v) is 10.2. The molecular weight excluding hydrogens is 522 g/mol. The number of aromatic nitrogens is 3. The number of halogens is 2. The van der Waals surface area contributed by atoms with Crippen molar-refractivity contribution in [2.45, 2.75) is 58.5 Å². The molecule has 1 atom stereocenters. The molecule has 212 valence electrons. The summed E-state index contributed by atoms with van der Waals surface area (Å²) in [7, 11) is 0. The molecule has 3 heterocycles. The Hall–Kier alpha value is -3.99. The Balaban J connectivity index is 1.41. The molecule has 1 unspecified atom stereocenters. The largest absolute Gasteiger partial charge is 0.428 e. The SMILES string of the molecule is CC(=O)OCOC(=O)C1CCC(C(C)(O)c2ccc(-c3cc(C)cc(Nc4cc(C(F)F)ccn4)n3)cn2)CC1.